The van der Waals surface area contributed by atoms with Crippen molar-refractivity contribution in [3.05, 3.63) is 52.2 Å². The van der Waals surface area contributed by atoms with Gasteiger partial charge in [-0.15, -0.1) is 11.3 Å². The Morgan fingerprint density at radius 2 is 1.75 bits per heavy atom. The average Bonchev–Trinajstić information content (AvgIpc) is 3.19. The largest absolute Gasteiger partial charge is 0.454 e. The molecule has 2 N–H and O–H groups in total. The fourth-order valence-electron chi connectivity index (χ4n) is 2.64. The second-order valence-corrected chi connectivity index (χ2v) is 8.02. The lowest BCUT2D eigenvalue weighted by Crippen LogP contribution is -2.45. The Balaban J connectivity index is 1.93. The molecule has 0 aliphatic heterocycles. The minimum atomic E-state index is -0.828. The van der Waals surface area contributed by atoms with Crippen molar-refractivity contribution in [2.45, 2.75) is 39.7 Å². The first kappa shape index (κ1) is 21.6. The molecule has 0 spiro atoms. The molecule has 1 aromatic carbocycles. The lowest BCUT2D eigenvalue weighted by atomic mass is 10.0. The SMILES string of the molecule is CC(C)c1ccccc1NC(=O)COC(=O)[C@@H](NC(=O)c1cccs1)C(C)C. The third-order valence-electron chi connectivity index (χ3n) is 4.15. The van der Waals surface area contributed by atoms with Gasteiger partial charge in [-0.1, -0.05) is 52.0 Å². The van der Waals surface area contributed by atoms with E-state index in [2.05, 4.69) is 10.6 Å². The molecule has 1 aromatic heterocycles. The Hall–Kier alpha value is -2.67. The quantitative estimate of drug-likeness (QED) is 0.658. The van der Waals surface area contributed by atoms with E-state index in [4.69, 9.17) is 4.74 Å². The third-order valence-corrected chi connectivity index (χ3v) is 5.02. The number of nitrogens with one attached hydrogen (secondary N) is 2. The maximum absolute atomic E-state index is 12.4. The molecule has 2 amide bonds. The van der Waals surface area contributed by atoms with Gasteiger partial charge in [-0.3, -0.25) is 9.59 Å². The topological polar surface area (TPSA) is 84.5 Å². The van der Waals surface area contributed by atoms with Gasteiger partial charge >= 0.3 is 5.97 Å². The number of amides is 2. The van der Waals surface area contributed by atoms with Crippen LogP contribution in [-0.4, -0.2) is 30.4 Å². The molecule has 2 rings (SSSR count). The van der Waals surface area contributed by atoms with Crippen LogP contribution in [0.15, 0.2) is 41.8 Å². The molecule has 6 nitrogen and oxygen atoms in total. The predicted octanol–water partition coefficient (Wildman–Crippen LogP) is 3.81. The van der Waals surface area contributed by atoms with Gasteiger partial charge in [0.15, 0.2) is 6.61 Å². The van der Waals surface area contributed by atoms with Crippen molar-refractivity contribution in [2.24, 2.45) is 5.92 Å². The molecule has 0 unspecified atom stereocenters. The second kappa shape index (κ2) is 10.0. The van der Waals surface area contributed by atoms with Gasteiger partial charge < -0.3 is 15.4 Å². The first-order chi connectivity index (χ1) is 13.3. The number of benzene rings is 1. The Labute approximate surface area is 169 Å². The van der Waals surface area contributed by atoms with E-state index in [0.717, 1.165) is 5.56 Å². The Morgan fingerprint density at radius 3 is 2.36 bits per heavy atom. The van der Waals surface area contributed by atoms with Crippen LogP contribution in [0, 0.1) is 5.92 Å². The van der Waals surface area contributed by atoms with E-state index in [1.807, 2.05) is 38.1 Å². The molecular formula is C21H26N2O4S. The summed E-state index contributed by atoms with van der Waals surface area (Å²) in [4.78, 5) is 37.4. The number of anilines is 1. The lowest BCUT2D eigenvalue weighted by Gasteiger charge is -2.20. The molecule has 1 atom stereocenters. The number of para-hydroxylation sites is 1. The Bertz CT molecular complexity index is 816. The van der Waals surface area contributed by atoms with Crippen LogP contribution in [0.3, 0.4) is 0 Å². The molecular weight excluding hydrogens is 376 g/mol. The van der Waals surface area contributed by atoms with Crippen LogP contribution in [0.25, 0.3) is 0 Å². The van der Waals surface area contributed by atoms with E-state index in [9.17, 15) is 14.4 Å². The van der Waals surface area contributed by atoms with Gasteiger partial charge in [-0.25, -0.2) is 4.79 Å². The van der Waals surface area contributed by atoms with Crippen LogP contribution < -0.4 is 10.6 Å². The minimum Gasteiger partial charge on any atom is -0.454 e. The van der Waals surface area contributed by atoms with E-state index in [1.165, 1.54) is 11.3 Å². The molecule has 28 heavy (non-hydrogen) atoms. The highest BCUT2D eigenvalue weighted by molar-refractivity contribution is 7.12. The Kier molecular flexibility index (Phi) is 7.75. The van der Waals surface area contributed by atoms with Gasteiger partial charge in [0.1, 0.15) is 6.04 Å². The van der Waals surface area contributed by atoms with E-state index in [0.29, 0.717) is 10.6 Å². The molecule has 0 fully saturated rings. The third kappa shape index (κ3) is 5.92. The highest BCUT2D eigenvalue weighted by Crippen LogP contribution is 2.23. The number of carbonyl (C=O) groups is 3. The maximum atomic E-state index is 12.4. The zero-order valence-corrected chi connectivity index (χ0v) is 17.3. The van der Waals surface area contributed by atoms with Crippen molar-refractivity contribution in [2.75, 3.05) is 11.9 Å². The van der Waals surface area contributed by atoms with Crippen molar-refractivity contribution >= 4 is 34.8 Å². The summed E-state index contributed by atoms with van der Waals surface area (Å²) in [6, 6.07) is 10.1. The van der Waals surface area contributed by atoms with Crippen molar-refractivity contribution in [3.8, 4) is 0 Å². The molecule has 2 aromatic rings. The van der Waals surface area contributed by atoms with Crippen molar-refractivity contribution < 1.29 is 19.1 Å². The summed E-state index contributed by atoms with van der Waals surface area (Å²) in [5, 5.41) is 7.25. The molecule has 0 aliphatic rings. The highest BCUT2D eigenvalue weighted by Gasteiger charge is 2.27. The van der Waals surface area contributed by atoms with E-state index >= 15 is 0 Å². The summed E-state index contributed by atoms with van der Waals surface area (Å²) in [5.41, 5.74) is 1.70. The summed E-state index contributed by atoms with van der Waals surface area (Å²) >= 11 is 1.29. The zero-order chi connectivity index (χ0) is 20.7. The molecule has 0 saturated carbocycles. The molecule has 0 aliphatic carbocycles. The molecule has 0 radical (unpaired) electrons. The van der Waals surface area contributed by atoms with E-state index < -0.39 is 24.5 Å². The first-order valence-corrected chi connectivity index (χ1v) is 10.1. The molecule has 0 saturated heterocycles. The lowest BCUT2D eigenvalue weighted by molar-refractivity contribution is -0.150. The number of carbonyl (C=O) groups excluding carboxylic acids is 3. The summed E-state index contributed by atoms with van der Waals surface area (Å²) in [7, 11) is 0. The van der Waals surface area contributed by atoms with Crippen LogP contribution >= 0.6 is 11.3 Å². The summed E-state index contributed by atoms with van der Waals surface area (Å²) in [5.74, 6) is -1.32. The van der Waals surface area contributed by atoms with Gasteiger partial charge in [-0.2, -0.15) is 0 Å². The summed E-state index contributed by atoms with van der Waals surface area (Å²) in [6.45, 7) is 7.27. The fourth-order valence-corrected chi connectivity index (χ4v) is 3.27. The monoisotopic (exact) mass is 402 g/mol. The van der Waals surface area contributed by atoms with Gasteiger partial charge in [0.2, 0.25) is 0 Å². The number of hydrogen-bond acceptors (Lipinski definition) is 5. The number of esters is 1. The second-order valence-electron chi connectivity index (χ2n) is 7.07. The highest BCUT2D eigenvalue weighted by atomic mass is 32.1. The normalized spacial score (nSPS) is 11.9. The van der Waals surface area contributed by atoms with E-state index in [1.54, 1.807) is 31.4 Å². The summed E-state index contributed by atoms with van der Waals surface area (Å²) in [6.07, 6.45) is 0. The number of hydrogen-bond donors (Lipinski definition) is 2. The van der Waals surface area contributed by atoms with Crippen molar-refractivity contribution in [1.82, 2.24) is 5.32 Å². The van der Waals surface area contributed by atoms with Crippen molar-refractivity contribution in [1.29, 1.82) is 0 Å². The maximum Gasteiger partial charge on any atom is 0.329 e. The van der Waals surface area contributed by atoms with Crippen LogP contribution in [0.1, 0.15) is 48.8 Å². The van der Waals surface area contributed by atoms with Gasteiger partial charge in [-0.05, 0) is 34.9 Å². The van der Waals surface area contributed by atoms with Gasteiger partial charge in [0.25, 0.3) is 11.8 Å². The number of ether oxygens (including phenoxy) is 1. The number of rotatable bonds is 8. The molecule has 150 valence electrons. The van der Waals surface area contributed by atoms with Crippen LogP contribution in [0.2, 0.25) is 0 Å². The zero-order valence-electron chi connectivity index (χ0n) is 16.5. The summed E-state index contributed by atoms with van der Waals surface area (Å²) < 4.78 is 5.16. The van der Waals surface area contributed by atoms with Gasteiger partial charge in [0, 0.05) is 5.69 Å². The first-order valence-electron chi connectivity index (χ1n) is 9.19. The minimum absolute atomic E-state index is 0.179. The van der Waals surface area contributed by atoms with E-state index in [-0.39, 0.29) is 17.7 Å². The van der Waals surface area contributed by atoms with Crippen LogP contribution in [-0.2, 0) is 14.3 Å². The average molecular weight is 403 g/mol. The van der Waals surface area contributed by atoms with Crippen LogP contribution in [0.5, 0.6) is 0 Å². The standard InChI is InChI=1S/C21H26N2O4S/c1-13(2)15-8-5-6-9-16(15)22-18(24)12-27-21(26)19(14(3)4)23-20(25)17-10-7-11-28-17/h5-11,13-14,19H,12H2,1-4H3,(H,22,24)(H,23,25)/t19-/m0/s1. The number of thiophene rings is 1. The smallest absolute Gasteiger partial charge is 0.329 e. The van der Waals surface area contributed by atoms with Crippen molar-refractivity contribution in [3.63, 3.8) is 0 Å². The molecule has 7 heteroatoms. The predicted molar refractivity (Wildman–Crippen MR) is 111 cm³/mol. The molecule has 1 heterocycles. The van der Waals surface area contributed by atoms with Gasteiger partial charge in [0.05, 0.1) is 4.88 Å². The van der Waals surface area contributed by atoms with Crippen LogP contribution in [0.4, 0.5) is 5.69 Å². The molecule has 0 bridgehead atoms. The Morgan fingerprint density at radius 1 is 1.04 bits per heavy atom. The fraction of sp³-hybridized carbons (Fsp3) is 0.381.